The van der Waals surface area contributed by atoms with Gasteiger partial charge in [0.1, 0.15) is 10.3 Å². The summed E-state index contributed by atoms with van der Waals surface area (Å²) in [6.45, 7) is 4.79. The Labute approximate surface area is 282 Å². The first-order chi connectivity index (χ1) is 22.3. The fraction of sp³-hybridized carbons (Fsp3) is 0.576. The van der Waals surface area contributed by atoms with Gasteiger partial charge in [-0.1, -0.05) is 69.0 Å². The quantitative estimate of drug-likeness (QED) is 0.222. The lowest BCUT2D eigenvalue weighted by Gasteiger charge is -2.39. The molecule has 1 heterocycles. The molecule has 1 saturated carbocycles. The monoisotopic (exact) mass is 690 g/mol. The second-order valence-electron chi connectivity index (χ2n) is 13.1. The van der Waals surface area contributed by atoms with E-state index in [0.29, 0.717) is 24.5 Å². The summed E-state index contributed by atoms with van der Waals surface area (Å²) >= 11 is 6.10. The van der Waals surface area contributed by atoms with Crippen LogP contribution in [-0.4, -0.2) is 97.2 Å². The van der Waals surface area contributed by atoms with Crippen LogP contribution in [0.25, 0.3) is 0 Å². The van der Waals surface area contributed by atoms with Crippen molar-refractivity contribution in [2.24, 2.45) is 5.92 Å². The van der Waals surface area contributed by atoms with Gasteiger partial charge in [0, 0.05) is 48.7 Å². The van der Waals surface area contributed by atoms with Crippen molar-refractivity contribution in [3.05, 3.63) is 69.2 Å². The highest BCUT2D eigenvalue weighted by Gasteiger charge is 2.39. The second-order valence-corrected chi connectivity index (χ2v) is 15.7. The Morgan fingerprint density at radius 3 is 2.30 bits per heavy atom. The maximum Gasteiger partial charge on any atom is 0.288 e. The topological polar surface area (TPSA) is 145 Å². The predicted molar refractivity (Wildman–Crippen MR) is 181 cm³/mol. The number of amides is 2. The standard InChI is InChI=1S/C33H47ClN6O6S/c1-23(2)33(42)39(26-10-6-5-7-11-26)27-18-19-38(21-27)36-32(41)28(20-24-14-16-25(34)17-15-24)35-31(22-37(3)4)47(45,46)30-13-9-8-12-29(30)40(43)44/h8-9,12-17,23,26-28,31,35H,5-7,10-11,18-22H2,1-4H3,(H,36,41)/t27-,28?,31?/m0/s1. The van der Waals surface area contributed by atoms with Crippen LogP contribution in [0, 0.1) is 16.0 Å². The van der Waals surface area contributed by atoms with E-state index in [1.165, 1.54) is 24.6 Å². The van der Waals surface area contributed by atoms with Crippen molar-refractivity contribution in [1.29, 1.82) is 0 Å². The van der Waals surface area contributed by atoms with E-state index in [1.807, 2.05) is 18.9 Å². The molecule has 0 aromatic heterocycles. The maximum atomic E-state index is 14.0. The molecule has 0 radical (unpaired) electrons. The van der Waals surface area contributed by atoms with Crippen LogP contribution in [0.15, 0.2) is 53.4 Å². The zero-order valence-electron chi connectivity index (χ0n) is 27.6. The zero-order valence-corrected chi connectivity index (χ0v) is 29.2. The third kappa shape index (κ3) is 9.50. The minimum atomic E-state index is -4.33. The molecule has 14 heteroatoms. The lowest BCUT2D eigenvalue weighted by Crippen LogP contribution is -2.57. The number of nitro groups is 1. The van der Waals surface area contributed by atoms with Gasteiger partial charge in [0.25, 0.3) is 11.6 Å². The summed E-state index contributed by atoms with van der Waals surface area (Å²) in [6, 6.07) is 11.3. The summed E-state index contributed by atoms with van der Waals surface area (Å²) in [5.74, 6) is -0.449. The molecule has 0 spiro atoms. The lowest BCUT2D eigenvalue weighted by atomic mass is 9.92. The van der Waals surface area contributed by atoms with Gasteiger partial charge in [0.2, 0.25) is 15.7 Å². The number of halogens is 1. The summed E-state index contributed by atoms with van der Waals surface area (Å²) in [4.78, 5) is 41.7. The Morgan fingerprint density at radius 2 is 1.68 bits per heavy atom. The number of sulfone groups is 1. The van der Waals surface area contributed by atoms with E-state index in [1.54, 1.807) is 43.3 Å². The Kier molecular flexibility index (Phi) is 12.8. The van der Waals surface area contributed by atoms with Gasteiger partial charge in [-0.2, -0.15) is 0 Å². The van der Waals surface area contributed by atoms with Gasteiger partial charge in [-0.05, 0) is 63.5 Å². The average Bonchev–Trinajstić information content (AvgIpc) is 3.49. The van der Waals surface area contributed by atoms with E-state index >= 15 is 0 Å². The number of benzene rings is 2. The van der Waals surface area contributed by atoms with Gasteiger partial charge in [0.15, 0.2) is 0 Å². The van der Waals surface area contributed by atoms with Crippen LogP contribution in [0.5, 0.6) is 0 Å². The number of hydrazine groups is 1. The average molecular weight is 691 g/mol. The number of hydrogen-bond donors (Lipinski definition) is 2. The molecule has 258 valence electrons. The number of para-hydroxylation sites is 1. The van der Waals surface area contributed by atoms with Crippen LogP contribution >= 0.6 is 11.6 Å². The van der Waals surface area contributed by atoms with E-state index in [-0.39, 0.29) is 36.9 Å². The SMILES string of the molecule is CC(C)C(=O)N(C1CCCCC1)[C@H]1CCN(NC(=O)C(Cc2ccc(Cl)cc2)NC(CN(C)C)S(=O)(=O)c2ccccc2[N+](=O)[O-])C1. The van der Waals surface area contributed by atoms with Gasteiger partial charge in [-0.25, -0.2) is 13.4 Å². The number of carbonyl (C=O) groups is 2. The van der Waals surface area contributed by atoms with Crippen LogP contribution in [0.3, 0.4) is 0 Å². The molecule has 4 rings (SSSR count). The normalized spacial score (nSPS) is 19.1. The first kappa shape index (κ1) is 36.7. The number of nitro benzene ring substituents is 1. The number of rotatable bonds is 14. The van der Waals surface area contributed by atoms with Crippen molar-refractivity contribution in [3.8, 4) is 0 Å². The van der Waals surface area contributed by atoms with Crippen molar-refractivity contribution in [1.82, 2.24) is 25.6 Å². The second kappa shape index (κ2) is 16.3. The fourth-order valence-electron chi connectivity index (χ4n) is 6.50. The minimum absolute atomic E-state index is 0.0434. The molecule has 1 aliphatic carbocycles. The summed E-state index contributed by atoms with van der Waals surface area (Å²) in [7, 11) is -0.944. The molecule has 2 unspecified atom stereocenters. The summed E-state index contributed by atoms with van der Waals surface area (Å²) in [5.41, 5.74) is 3.22. The summed E-state index contributed by atoms with van der Waals surface area (Å²) in [6.07, 6.45) is 6.18. The highest BCUT2D eigenvalue weighted by molar-refractivity contribution is 7.92. The third-order valence-corrected chi connectivity index (χ3v) is 11.1. The van der Waals surface area contributed by atoms with Crippen molar-refractivity contribution < 1.29 is 22.9 Å². The lowest BCUT2D eigenvalue weighted by molar-refractivity contribution is -0.387. The number of nitrogens with zero attached hydrogens (tertiary/aromatic N) is 4. The van der Waals surface area contributed by atoms with Gasteiger partial charge in [-0.15, -0.1) is 0 Å². The van der Waals surface area contributed by atoms with Crippen LogP contribution < -0.4 is 10.7 Å². The molecule has 47 heavy (non-hydrogen) atoms. The van der Waals surface area contributed by atoms with Gasteiger partial charge in [0.05, 0.1) is 11.0 Å². The van der Waals surface area contributed by atoms with Crippen molar-refractivity contribution in [3.63, 3.8) is 0 Å². The zero-order chi connectivity index (χ0) is 34.3. The van der Waals surface area contributed by atoms with Crippen LogP contribution in [0.1, 0.15) is 57.9 Å². The minimum Gasteiger partial charge on any atom is -0.335 e. The van der Waals surface area contributed by atoms with E-state index < -0.39 is 42.7 Å². The number of carbonyl (C=O) groups excluding carboxylic acids is 2. The van der Waals surface area contributed by atoms with Crippen molar-refractivity contribution in [2.75, 3.05) is 33.7 Å². The number of likely N-dealkylation sites (N-methyl/N-ethyl adjacent to an activating group) is 1. The van der Waals surface area contributed by atoms with E-state index in [9.17, 15) is 28.1 Å². The first-order valence-corrected chi connectivity index (χ1v) is 18.2. The molecule has 2 aromatic rings. The Bertz CT molecular complexity index is 1500. The summed E-state index contributed by atoms with van der Waals surface area (Å²) < 4.78 is 28.0. The molecular formula is C33H47ClN6O6S. The predicted octanol–water partition coefficient (Wildman–Crippen LogP) is 4.03. The van der Waals surface area contributed by atoms with Crippen molar-refractivity contribution >= 4 is 38.9 Å². The Balaban J connectivity index is 1.59. The molecule has 1 aliphatic heterocycles. The first-order valence-electron chi connectivity index (χ1n) is 16.3. The van der Waals surface area contributed by atoms with E-state index in [4.69, 9.17) is 11.6 Å². The molecule has 2 amide bonds. The van der Waals surface area contributed by atoms with Crippen molar-refractivity contribution in [2.45, 2.75) is 87.2 Å². The largest absolute Gasteiger partial charge is 0.335 e. The molecule has 1 saturated heterocycles. The third-order valence-electron chi connectivity index (χ3n) is 8.87. The molecule has 3 atom stereocenters. The molecule has 2 fully saturated rings. The van der Waals surface area contributed by atoms with E-state index in [2.05, 4.69) is 15.6 Å². The highest BCUT2D eigenvalue weighted by Crippen LogP contribution is 2.29. The molecule has 0 bridgehead atoms. The number of hydrogen-bond acceptors (Lipinski definition) is 9. The number of nitrogens with one attached hydrogen (secondary N) is 2. The molecule has 2 aliphatic rings. The molecule has 2 N–H and O–H groups in total. The molecular weight excluding hydrogens is 644 g/mol. The Hall–Kier alpha value is -3.10. The van der Waals surface area contributed by atoms with Crippen LogP contribution in [0.2, 0.25) is 5.02 Å². The van der Waals surface area contributed by atoms with E-state index in [0.717, 1.165) is 37.3 Å². The fourth-order valence-corrected chi connectivity index (χ4v) is 8.47. The van der Waals surface area contributed by atoms with Crippen LogP contribution in [-0.2, 0) is 25.8 Å². The van der Waals surface area contributed by atoms with Gasteiger partial charge in [-0.3, -0.25) is 30.4 Å². The Morgan fingerprint density at radius 1 is 1.02 bits per heavy atom. The smallest absolute Gasteiger partial charge is 0.288 e. The van der Waals surface area contributed by atoms with Crippen LogP contribution in [0.4, 0.5) is 5.69 Å². The molecule has 2 aromatic carbocycles. The van der Waals surface area contributed by atoms with Gasteiger partial charge < -0.3 is 9.80 Å². The summed E-state index contributed by atoms with van der Waals surface area (Å²) in [5, 5.41) is 15.8. The maximum absolute atomic E-state index is 14.0. The molecule has 12 nitrogen and oxygen atoms in total. The highest BCUT2D eigenvalue weighted by atomic mass is 35.5. The van der Waals surface area contributed by atoms with Gasteiger partial charge >= 0.3 is 0 Å².